The Balaban J connectivity index is 1.36. The van der Waals surface area contributed by atoms with Crippen molar-refractivity contribution in [2.24, 2.45) is 5.10 Å². The summed E-state index contributed by atoms with van der Waals surface area (Å²) in [6.45, 7) is 4.93. The first-order chi connectivity index (χ1) is 12.8. The molecular weight excluding hydrogens is 342 g/mol. The third-order valence-electron chi connectivity index (χ3n) is 4.84. The van der Waals surface area contributed by atoms with Crippen molar-refractivity contribution in [3.63, 3.8) is 0 Å². The van der Waals surface area contributed by atoms with Crippen LogP contribution in [0.4, 0.5) is 0 Å². The van der Waals surface area contributed by atoms with Crippen LogP contribution in [0.5, 0.6) is 0 Å². The Morgan fingerprint density at radius 1 is 0.885 bits per heavy atom. The second kappa shape index (κ2) is 7.90. The first-order valence-corrected chi connectivity index (χ1v) is 9.39. The van der Waals surface area contributed by atoms with Crippen LogP contribution < -0.4 is 0 Å². The first-order valence-electron chi connectivity index (χ1n) is 9.01. The third-order valence-corrected chi connectivity index (χ3v) is 5.08. The molecule has 1 aliphatic rings. The quantitative estimate of drug-likeness (QED) is 0.628. The van der Waals surface area contributed by atoms with Crippen LogP contribution in [0.15, 0.2) is 71.8 Å². The molecule has 1 fully saturated rings. The van der Waals surface area contributed by atoms with E-state index in [2.05, 4.69) is 57.5 Å². The number of halogens is 1. The minimum Gasteiger partial charge on any atom is -0.295 e. The fourth-order valence-corrected chi connectivity index (χ4v) is 3.62. The molecule has 4 rings (SSSR count). The highest BCUT2D eigenvalue weighted by Gasteiger charge is 2.16. The SMILES string of the molecule is Clc1cccc(C=NN2CCN(Cc3cccc4ccccc34)CC2)c1. The lowest BCUT2D eigenvalue weighted by atomic mass is 10.0. The zero-order chi connectivity index (χ0) is 17.8. The second-order valence-corrected chi connectivity index (χ2v) is 7.10. The maximum Gasteiger partial charge on any atom is 0.0543 e. The minimum atomic E-state index is 0.744. The van der Waals surface area contributed by atoms with Crippen LogP contribution in [0.2, 0.25) is 5.02 Å². The van der Waals surface area contributed by atoms with Crippen LogP contribution in [-0.2, 0) is 6.54 Å². The van der Waals surface area contributed by atoms with E-state index in [0.29, 0.717) is 0 Å². The number of hydrazone groups is 1. The Morgan fingerprint density at radius 2 is 1.65 bits per heavy atom. The van der Waals surface area contributed by atoms with Gasteiger partial charge in [0.15, 0.2) is 0 Å². The van der Waals surface area contributed by atoms with Gasteiger partial charge in [0.25, 0.3) is 0 Å². The van der Waals surface area contributed by atoms with E-state index in [9.17, 15) is 0 Å². The number of nitrogens with zero attached hydrogens (tertiary/aromatic N) is 3. The molecule has 0 unspecified atom stereocenters. The molecule has 26 heavy (non-hydrogen) atoms. The summed E-state index contributed by atoms with van der Waals surface area (Å²) in [7, 11) is 0. The monoisotopic (exact) mass is 363 g/mol. The molecule has 0 saturated carbocycles. The highest BCUT2D eigenvalue weighted by Crippen LogP contribution is 2.20. The van der Waals surface area contributed by atoms with E-state index in [4.69, 9.17) is 11.6 Å². The van der Waals surface area contributed by atoms with Gasteiger partial charge in [-0.2, -0.15) is 5.10 Å². The molecule has 0 amide bonds. The summed E-state index contributed by atoms with van der Waals surface area (Å²) in [6, 6.07) is 23.0. The molecule has 0 atom stereocenters. The van der Waals surface area contributed by atoms with Crippen molar-refractivity contribution in [2.45, 2.75) is 6.54 Å². The Morgan fingerprint density at radius 3 is 2.50 bits per heavy atom. The molecule has 0 spiro atoms. The molecule has 4 heteroatoms. The fraction of sp³-hybridized carbons (Fsp3) is 0.227. The molecule has 3 aromatic carbocycles. The zero-order valence-electron chi connectivity index (χ0n) is 14.7. The van der Waals surface area contributed by atoms with Gasteiger partial charge in [0.1, 0.15) is 0 Å². The van der Waals surface area contributed by atoms with Gasteiger partial charge in [-0.1, -0.05) is 66.2 Å². The number of rotatable bonds is 4. The van der Waals surface area contributed by atoms with Crippen molar-refractivity contribution < 1.29 is 0 Å². The van der Waals surface area contributed by atoms with Gasteiger partial charge >= 0.3 is 0 Å². The van der Waals surface area contributed by atoms with Gasteiger partial charge in [-0.3, -0.25) is 9.91 Å². The molecule has 1 heterocycles. The zero-order valence-corrected chi connectivity index (χ0v) is 15.4. The van der Waals surface area contributed by atoms with Gasteiger partial charge in [-0.05, 0) is 34.0 Å². The van der Waals surface area contributed by atoms with Crippen LogP contribution in [0.25, 0.3) is 10.8 Å². The Kier molecular flexibility index (Phi) is 5.19. The molecule has 0 aromatic heterocycles. The highest BCUT2D eigenvalue weighted by atomic mass is 35.5. The lowest BCUT2D eigenvalue weighted by Gasteiger charge is -2.33. The van der Waals surface area contributed by atoms with E-state index < -0.39 is 0 Å². The Labute approximate surface area is 159 Å². The van der Waals surface area contributed by atoms with E-state index in [1.54, 1.807) is 0 Å². The molecule has 3 aromatic rings. The van der Waals surface area contributed by atoms with Crippen LogP contribution >= 0.6 is 11.6 Å². The van der Waals surface area contributed by atoms with Crippen molar-refractivity contribution in [2.75, 3.05) is 26.2 Å². The van der Waals surface area contributed by atoms with E-state index in [1.807, 2.05) is 30.5 Å². The normalized spacial score (nSPS) is 15.8. The van der Waals surface area contributed by atoms with Gasteiger partial charge in [0.05, 0.1) is 6.21 Å². The average molecular weight is 364 g/mol. The van der Waals surface area contributed by atoms with Crippen molar-refractivity contribution in [1.29, 1.82) is 0 Å². The number of hydrogen-bond acceptors (Lipinski definition) is 3. The number of hydrogen-bond donors (Lipinski definition) is 0. The van der Waals surface area contributed by atoms with Crippen LogP contribution in [0, 0.1) is 0 Å². The average Bonchev–Trinajstić information content (AvgIpc) is 2.68. The fourth-order valence-electron chi connectivity index (χ4n) is 3.42. The molecular formula is C22H22ClN3. The molecule has 0 N–H and O–H groups in total. The van der Waals surface area contributed by atoms with Crippen molar-refractivity contribution in [3.8, 4) is 0 Å². The Hall–Kier alpha value is -2.36. The number of benzene rings is 3. The summed E-state index contributed by atoms with van der Waals surface area (Å²) >= 11 is 6.02. The summed E-state index contributed by atoms with van der Waals surface area (Å²) in [4.78, 5) is 2.51. The van der Waals surface area contributed by atoms with Crippen molar-refractivity contribution >= 4 is 28.6 Å². The maximum absolute atomic E-state index is 6.02. The van der Waals surface area contributed by atoms with E-state index in [0.717, 1.165) is 43.3 Å². The number of piperazine rings is 1. The van der Waals surface area contributed by atoms with Crippen molar-refractivity contribution in [1.82, 2.24) is 9.91 Å². The topological polar surface area (TPSA) is 18.8 Å². The summed E-state index contributed by atoms with van der Waals surface area (Å²) in [6.07, 6.45) is 1.90. The second-order valence-electron chi connectivity index (χ2n) is 6.67. The van der Waals surface area contributed by atoms with E-state index in [-0.39, 0.29) is 0 Å². The molecule has 1 aliphatic heterocycles. The molecule has 3 nitrogen and oxygen atoms in total. The number of fused-ring (bicyclic) bond motifs is 1. The summed E-state index contributed by atoms with van der Waals surface area (Å²) in [5.74, 6) is 0. The van der Waals surface area contributed by atoms with Crippen LogP contribution in [0.3, 0.4) is 0 Å². The van der Waals surface area contributed by atoms with Gasteiger partial charge in [-0.15, -0.1) is 0 Å². The standard InChI is InChI=1S/C22H22ClN3/c23-21-9-3-5-18(15-21)16-24-26-13-11-25(12-14-26)17-20-8-4-7-19-6-1-2-10-22(19)20/h1-10,15-16H,11-14,17H2. The van der Waals surface area contributed by atoms with Gasteiger partial charge in [-0.25, -0.2) is 0 Å². The van der Waals surface area contributed by atoms with E-state index >= 15 is 0 Å². The predicted molar refractivity (Wildman–Crippen MR) is 110 cm³/mol. The van der Waals surface area contributed by atoms with Crippen LogP contribution in [-0.4, -0.2) is 42.3 Å². The smallest absolute Gasteiger partial charge is 0.0543 e. The third kappa shape index (κ3) is 4.06. The largest absolute Gasteiger partial charge is 0.295 e. The molecule has 0 radical (unpaired) electrons. The molecule has 132 valence electrons. The molecule has 0 bridgehead atoms. The summed E-state index contributed by atoms with van der Waals surface area (Å²) in [5.41, 5.74) is 2.44. The lowest BCUT2D eigenvalue weighted by Crippen LogP contribution is -2.43. The Bertz CT molecular complexity index is 909. The van der Waals surface area contributed by atoms with E-state index in [1.165, 1.54) is 16.3 Å². The van der Waals surface area contributed by atoms with Crippen LogP contribution in [0.1, 0.15) is 11.1 Å². The predicted octanol–water partition coefficient (Wildman–Crippen LogP) is 4.64. The maximum atomic E-state index is 6.02. The summed E-state index contributed by atoms with van der Waals surface area (Å²) in [5, 5.41) is 10.2. The molecule has 0 aliphatic carbocycles. The molecule has 1 saturated heterocycles. The lowest BCUT2D eigenvalue weighted by molar-refractivity contribution is 0.131. The van der Waals surface area contributed by atoms with Gasteiger partial charge in [0.2, 0.25) is 0 Å². The van der Waals surface area contributed by atoms with Crippen molar-refractivity contribution in [3.05, 3.63) is 82.9 Å². The summed E-state index contributed by atoms with van der Waals surface area (Å²) < 4.78 is 0. The van der Waals surface area contributed by atoms with Gasteiger partial charge < -0.3 is 0 Å². The van der Waals surface area contributed by atoms with Gasteiger partial charge in [0, 0.05) is 37.7 Å². The minimum absolute atomic E-state index is 0.744. The first kappa shape index (κ1) is 17.1. The highest BCUT2D eigenvalue weighted by molar-refractivity contribution is 6.30.